The van der Waals surface area contributed by atoms with Gasteiger partial charge in [-0.25, -0.2) is 9.78 Å². The molecule has 0 N–H and O–H groups in total. The van der Waals surface area contributed by atoms with Crippen LogP contribution in [0.2, 0.25) is 0 Å². The third kappa shape index (κ3) is 3.72. The smallest absolute Gasteiger partial charge is 0.358 e. The van der Waals surface area contributed by atoms with Crippen LogP contribution < -0.4 is 4.90 Å². The number of nitrogens with zero attached hydrogens (tertiary/aromatic N) is 2. The number of benzene rings is 2. The van der Waals surface area contributed by atoms with Crippen molar-refractivity contribution in [3.8, 4) is 0 Å². The second-order valence-corrected chi connectivity index (χ2v) is 5.93. The van der Waals surface area contributed by atoms with Crippen LogP contribution in [0.3, 0.4) is 0 Å². The third-order valence-corrected chi connectivity index (χ3v) is 4.12. The van der Waals surface area contributed by atoms with Crippen molar-refractivity contribution < 1.29 is 14.3 Å². The average Bonchev–Trinajstić information content (AvgIpc) is 2.66. The molecule has 0 atom stereocenters. The molecule has 0 aliphatic rings. The zero-order valence-corrected chi connectivity index (χ0v) is 14.8. The van der Waals surface area contributed by atoms with E-state index in [9.17, 15) is 9.59 Å². The molecule has 5 heteroatoms. The summed E-state index contributed by atoms with van der Waals surface area (Å²) in [7, 11) is 0. The minimum atomic E-state index is -0.601. The Morgan fingerprint density at radius 1 is 1.08 bits per heavy atom. The summed E-state index contributed by atoms with van der Waals surface area (Å²) < 4.78 is 5.24. The van der Waals surface area contributed by atoms with Gasteiger partial charge < -0.3 is 9.64 Å². The van der Waals surface area contributed by atoms with Gasteiger partial charge in [0.15, 0.2) is 12.3 Å². The van der Waals surface area contributed by atoms with E-state index in [4.69, 9.17) is 4.74 Å². The van der Waals surface area contributed by atoms with E-state index in [0.29, 0.717) is 11.9 Å². The normalized spacial score (nSPS) is 10.5. The fourth-order valence-corrected chi connectivity index (χ4v) is 2.85. The van der Waals surface area contributed by atoms with Crippen molar-refractivity contribution in [1.82, 2.24) is 4.98 Å². The molecule has 0 spiro atoms. The molecule has 0 aliphatic heterocycles. The van der Waals surface area contributed by atoms with E-state index in [1.165, 1.54) is 0 Å². The second-order valence-electron chi connectivity index (χ2n) is 5.93. The van der Waals surface area contributed by atoms with E-state index in [2.05, 4.69) is 4.98 Å². The first kappa shape index (κ1) is 17.6. The van der Waals surface area contributed by atoms with E-state index in [1.807, 2.05) is 68.4 Å². The Morgan fingerprint density at radius 2 is 1.88 bits per heavy atom. The minimum absolute atomic E-state index is 0.217. The number of hydrogen-bond acceptors (Lipinski definition) is 4. The van der Waals surface area contributed by atoms with Gasteiger partial charge in [-0.3, -0.25) is 4.79 Å². The Bertz CT molecular complexity index is 947. The summed E-state index contributed by atoms with van der Waals surface area (Å²) >= 11 is 0. The lowest BCUT2D eigenvalue weighted by molar-refractivity contribution is -0.121. The van der Waals surface area contributed by atoms with Crippen molar-refractivity contribution in [2.75, 3.05) is 18.1 Å². The van der Waals surface area contributed by atoms with Gasteiger partial charge in [0, 0.05) is 23.8 Å². The number of pyridine rings is 1. The van der Waals surface area contributed by atoms with Crippen LogP contribution in [0.15, 0.2) is 60.8 Å². The molecule has 0 fully saturated rings. The predicted molar refractivity (Wildman–Crippen MR) is 101 cm³/mol. The van der Waals surface area contributed by atoms with Crippen molar-refractivity contribution in [2.24, 2.45) is 0 Å². The minimum Gasteiger partial charge on any atom is -0.451 e. The fourth-order valence-electron chi connectivity index (χ4n) is 2.85. The number of esters is 1. The first-order valence-corrected chi connectivity index (χ1v) is 8.48. The number of ether oxygens (including phenoxy) is 1. The highest BCUT2D eigenvalue weighted by molar-refractivity contribution is 6.03. The van der Waals surface area contributed by atoms with Crippen molar-refractivity contribution in [2.45, 2.75) is 13.8 Å². The first-order valence-electron chi connectivity index (χ1n) is 8.48. The zero-order chi connectivity index (χ0) is 18.5. The molecule has 1 heterocycles. The molecule has 3 rings (SSSR count). The molecule has 132 valence electrons. The molecule has 26 heavy (non-hydrogen) atoms. The van der Waals surface area contributed by atoms with Crippen molar-refractivity contribution in [1.29, 1.82) is 0 Å². The van der Waals surface area contributed by atoms with Crippen LogP contribution >= 0.6 is 0 Å². The van der Waals surface area contributed by atoms with Crippen LogP contribution in [0.1, 0.15) is 23.0 Å². The van der Waals surface area contributed by atoms with Crippen LogP contribution in [0, 0.1) is 6.92 Å². The summed E-state index contributed by atoms with van der Waals surface area (Å²) in [5, 5.41) is 1.61. The molecule has 3 aromatic rings. The molecule has 0 saturated heterocycles. The summed E-state index contributed by atoms with van der Waals surface area (Å²) in [4.78, 5) is 30.6. The molecular formula is C21H20N2O3. The Morgan fingerprint density at radius 3 is 2.65 bits per heavy atom. The maximum Gasteiger partial charge on any atom is 0.358 e. The van der Waals surface area contributed by atoms with Gasteiger partial charge in [0.05, 0.1) is 0 Å². The number of aromatic nitrogens is 1. The fraction of sp³-hybridized carbons (Fsp3) is 0.190. The Kier molecular flexibility index (Phi) is 5.27. The highest BCUT2D eigenvalue weighted by atomic mass is 16.5. The van der Waals surface area contributed by atoms with Crippen LogP contribution in [0.4, 0.5) is 5.69 Å². The maximum atomic E-state index is 12.5. The molecule has 1 aromatic heterocycles. The van der Waals surface area contributed by atoms with Crippen molar-refractivity contribution in [3.05, 3.63) is 72.1 Å². The molecule has 0 aliphatic carbocycles. The quantitative estimate of drug-likeness (QED) is 0.659. The number of rotatable bonds is 5. The Balaban J connectivity index is 1.73. The number of hydrogen-bond donors (Lipinski definition) is 0. The van der Waals surface area contributed by atoms with Gasteiger partial charge in [0.1, 0.15) is 0 Å². The van der Waals surface area contributed by atoms with Crippen LogP contribution in [-0.4, -0.2) is 30.0 Å². The van der Waals surface area contributed by atoms with Crippen LogP contribution in [-0.2, 0) is 9.53 Å². The van der Waals surface area contributed by atoms with Gasteiger partial charge in [-0.2, -0.15) is 0 Å². The topological polar surface area (TPSA) is 59.5 Å². The SMILES string of the molecule is CCN(C(=O)COC(=O)c1nccc2ccccc12)c1cccc(C)c1. The van der Waals surface area contributed by atoms with E-state index < -0.39 is 5.97 Å². The molecule has 0 radical (unpaired) electrons. The zero-order valence-electron chi connectivity index (χ0n) is 14.8. The highest BCUT2D eigenvalue weighted by Crippen LogP contribution is 2.18. The summed E-state index contributed by atoms with van der Waals surface area (Å²) in [6, 6.07) is 16.9. The molecule has 0 bridgehead atoms. The van der Waals surface area contributed by atoms with E-state index >= 15 is 0 Å². The molecule has 0 unspecified atom stereocenters. The van der Waals surface area contributed by atoms with Gasteiger partial charge in [0.2, 0.25) is 0 Å². The highest BCUT2D eigenvalue weighted by Gasteiger charge is 2.18. The lowest BCUT2D eigenvalue weighted by Gasteiger charge is -2.21. The molecule has 0 saturated carbocycles. The van der Waals surface area contributed by atoms with Gasteiger partial charge in [-0.1, -0.05) is 36.4 Å². The predicted octanol–water partition coefficient (Wildman–Crippen LogP) is 3.75. The first-order chi connectivity index (χ1) is 12.6. The lowest BCUT2D eigenvalue weighted by atomic mass is 10.1. The number of amides is 1. The van der Waals surface area contributed by atoms with Gasteiger partial charge in [-0.05, 0) is 43.0 Å². The summed E-state index contributed by atoms with van der Waals surface area (Å²) in [6.07, 6.45) is 1.56. The summed E-state index contributed by atoms with van der Waals surface area (Å²) in [6.45, 7) is 4.01. The average molecular weight is 348 g/mol. The van der Waals surface area contributed by atoms with Crippen molar-refractivity contribution >= 4 is 28.3 Å². The number of anilines is 1. The van der Waals surface area contributed by atoms with Gasteiger partial charge >= 0.3 is 5.97 Å². The second kappa shape index (κ2) is 7.78. The largest absolute Gasteiger partial charge is 0.451 e. The third-order valence-electron chi connectivity index (χ3n) is 4.12. The van der Waals surface area contributed by atoms with E-state index in [0.717, 1.165) is 16.6 Å². The maximum absolute atomic E-state index is 12.5. The standard InChI is InChI=1S/C21H20N2O3/c1-3-23(17-9-6-7-15(2)13-17)19(24)14-26-21(25)20-18-10-5-4-8-16(18)11-12-22-20/h4-13H,3,14H2,1-2H3. The molecule has 5 nitrogen and oxygen atoms in total. The van der Waals surface area contributed by atoms with E-state index in [1.54, 1.807) is 11.1 Å². The van der Waals surface area contributed by atoms with Gasteiger partial charge in [0.25, 0.3) is 5.91 Å². The van der Waals surface area contributed by atoms with Crippen LogP contribution in [0.25, 0.3) is 10.8 Å². The number of likely N-dealkylation sites (N-methyl/N-ethyl adjacent to an activating group) is 1. The molecular weight excluding hydrogens is 328 g/mol. The Hall–Kier alpha value is -3.21. The van der Waals surface area contributed by atoms with Crippen molar-refractivity contribution in [3.63, 3.8) is 0 Å². The lowest BCUT2D eigenvalue weighted by Crippen LogP contribution is -2.34. The monoisotopic (exact) mass is 348 g/mol. The number of carbonyl (C=O) groups is 2. The summed E-state index contributed by atoms with van der Waals surface area (Å²) in [5.74, 6) is -0.873. The molecule has 2 aromatic carbocycles. The Labute approximate surface area is 152 Å². The summed E-state index contributed by atoms with van der Waals surface area (Å²) in [5.41, 5.74) is 2.07. The number of carbonyl (C=O) groups excluding carboxylic acids is 2. The van der Waals surface area contributed by atoms with Gasteiger partial charge in [-0.15, -0.1) is 0 Å². The van der Waals surface area contributed by atoms with Crippen LogP contribution in [0.5, 0.6) is 0 Å². The van der Waals surface area contributed by atoms with E-state index in [-0.39, 0.29) is 18.2 Å². The number of fused-ring (bicyclic) bond motifs is 1. The molecule has 1 amide bonds. The number of aryl methyl sites for hydroxylation is 1.